The van der Waals surface area contributed by atoms with Gasteiger partial charge < -0.3 is 5.32 Å². The van der Waals surface area contributed by atoms with Gasteiger partial charge in [-0.05, 0) is 6.20 Å². The van der Waals surface area contributed by atoms with Crippen molar-refractivity contribution < 1.29 is 0 Å². The van der Waals surface area contributed by atoms with Crippen LogP contribution in [0.4, 0.5) is 0 Å². The van der Waals surface area contributed by atoms with Gasteiger partial charge in [0.1, 0.15) is 5.92 Å². The van der Waals surface area contributed by atoms with Gasteiger partial charge in [-0.2, -0.15) is 0 Å². The summed E-state index contributed by atoms with van der Waals surface area (Å²) in [6, 6.07) is 0. The van der Waals surface area contributed by atoms with E-state index in [1.54, 1.807) is 0 Å². The van der Waals surface area contributed by atoms with Crippen LogP contribution in [-0.2, 0) is 0 Å². The zero-order valence-corrected chi connectivity index (χ0v) is 5.75. The van der Waals surface area contributed by atoms with E-state index in [4.69, 9.17) is 0 Å². The topological polar surface area (TPSA) is 12.0 Å². The first-order valence-electron chi connectivity index (χ1n) is 3.63. The minimum Gasteiger partial charge on any atom is -0.388 e. The molecular formula is C9H10N+. The van der Waals surface area contributed by atoms with Crippen molar-refractivity contribution >= 4 is 0 Å². The van der Waals surface area contributed by atoms with E-state index in [1.165, 1.54) is 0 Å². The first kappa shape index (κ1) is 5.70. The first-order chi connectivity index (χ1) is 4.97. The summed E-state index contributed by atoms with van der Waals surface area (Å²) in [6.07, 6.45) is 13.8. The van der Waals surface area contributed by atoms with E-state index in [-0.39, 0.29) is 0 Å². The Morgan fingerprint density at radius 3 is 3.30 bits per heavy atom. The molecule has 0 spiro atoms. The SMILES string of the molecule is [C+]1=CC=CC2C=CNCC12. The van der Waals surface area contributed by atoms with E-state index in [2.05, 4.69) is 29.6 Å². The molecule has 1 nitrogen and oxygen atoms in total. The number of fused-ring (bicyclic) bond motifs is 1. The van der Waals surface area contributed by atoms with Crippen LogP contribution in [-0.4, -0.2) is 6.54 Å². The Kier molecular flexibility index (Phi) is 1.30. The third kappa shape index (κ3) is 0.850. The summed E-state index contributed by atoms with van der Waals surface area (Å²) in [6.45, 7) is 1.03. The molecule has 50 valence electrons. The minimum absolute atomic E-state index is 0.565. The number of rotatable bonds is 0. The van der Waals surface area contributed by atoms with Gasteiger partial charge in [-0.15, -0.1) is 0 Å². The lowest BCUT2D eigenvalue weighted by Gasteiger charge is -2.18. The van der Waals surface area contributed by atoms with E-state index in [1.807, 2.05) is 12.3 Å². The number of hydrogen-bond acceptors (Lipinski definition) is 1. The Labute approximate surface area is 61.1 Å². The molecule has 2 aliphatic rings. The predicted octanol–water partition coefficient (Wildman–Crippen LogP) is 1.26. The molecule has 2 unspecified atom stereocenters. The zero-order chi connectivity index (χ0) is 6.81. The summed E-state index contributed by atoms with van der Waals surface area (Å²) < 4.78 is 0. The molecule has 0 radical (unpaired) electrons. The van der Waals surface area contributed by atoms with E-state index in [0.717, 1.165) is 6.54 Å². The lowest BCUT2D eigenvalue weighted by molar-refractivity contribution is 0.491. The monoisotopic (exact) mass is 132 g/mol. The van der Waals surface area contributed by atoms with Crippen LogP contribution in [0.5, 0.6) is 0 Å². The highest BCUT2D eigenvalue weighted by atomic mass is 14.8. The summed E-state index contributed by atoms with van der Waals surface area (Å²) in [5.74, 6) is 1.15. The van der Waals surface area contributed by atoms with E-state index in [9.17, 15) is 0 Å². The van der Waals surface area contributed by atoms with Gasteiger partial charge in [-0.3, -0.25) is 0 Å². The molecule has 1 aliphatic carbocycles. The van der Waals surface area contributed by atoms with Crippen LogP contribution in [0.25, 0.3) is 0 Å². The van der Waals surface area contributed by atoms with Crippen LogP contribution >= 0.6 is 0 Å². The second kappa shape index (κ2) is 2.28. The maximum absolute atomic E-state index is 3.30. The van der Waals surface area contributed by atoms with Crippen LogP contribution in [0, 0.1) is 17.9 Å². The van der Waals surface area contributed by atoms with Crippen LogP contribution in [0.1, 0.15) is 0 Å². The molecule has 1 heteroatoms. The fourth-order valence-electron chi connectivity index (χ4n) is 1.38. The second-order valence-corrected chi connectivity index (χ2v) is 2.67. The standard InChI is InChI=1S/C9H10N/c1-2-4-9-7-10-6-5-8(9)3-1/h1-3,5-6,8-10H,7H2/q+1. The fraction of sp³-hybridized carbons (Fsp3) is 0.333. The quantitative estimate of drug-likeness (QED) is 0.489. The molecule has 0 aromatic carbocycles. The molecule has 10 heavy (non-hydrogen) atoms. The second-order valence-electron chi connectivity index (χ2n) is 2.67. The number of allylic oxidation sites excluding steroid dienone is 4. The lowest BCUT2D eigenvalue weighted by atomic mass is 9.87. The van der Waals surface area contributed by atoms with E-state index < -0.39 is 0 Å². The maximum atomic E-state index is 3.30. The molecule has 2 rings (SSSR count). The minimum atomic E-state index is 0.565. The average molecular weight is 132 g/mol. The van der Waals surface area contributed by atoms with E-state index >= 15 is 0 Å². The Morgan fingerprint density at radius 2 is 2.40 bits per heavy atom. The fourth-order valence-corrected chi connectivity index (χ4v) is 1.38. The van der Waals surface area contributed by atoms with Gasteiger partial charge in [-0.1, -0.05) is 6.08 Å². The molecule has 0 saturated heterocycles. The average Bonchev–Trinajstić information content (AvgIpc) is 2.05. The van der Waals surface area contributed by atoms with Gasteiger partial charge in [0.25, 0.3) is 0 Å². The molecule has 0 amide bonds. The molecule has 0 saturated carbocycles. The number of nitrogens with one attached hydrogen (secondary N) is 1. The summed E-state index contributed by atoms with van der Waals surface area (Å²) in [7, 11) is 0. The highest BCUT2D eigenvalue weighted by Gasteiger charge is 2.25. The molecule has 1 N–H and O–H groups in total. The van der Waals surface area contributed by atoms with Gasteiger partial charge in [0.15, 0.2) is 6.08 Å². The third-order valence-electron chi connectivity index (χ3n) is 1.98. The first-order valence-corrected chi connectivity index (χ1v) is 3.63. The molecule has 1 heterocycles. The predicted molar refractivity (Wildman–Crippen MR) is 41.1 cm³/mol. The van der Waals surface area contributed by atoms with Crippen LogP contribution in [0.2, 0.25) is 0 Å². The summed E-state index contributed by atoms with van der Waals surface area (Å²) in [4.78, 5) is 0. The van der Waals surface area contributed by atoms with Crippen molar-refractivity contribution in [1.82, 2.24) is 5.32 Å². The van der Waals surface area contributed by atoms with Gasteiger partial charge in [0.05, 0.1) is 12.2 Å². The van der Waals surface area contributed by atoms with Crippen molar-refractivity contribution in [2.45, 2.75) is 0 Å². The van der Waals surface area contributed by atoms with Crippen LogP contribution in [0.3, 0.4) is 0 Å². The summed E-state index contributed by atoms with van der Waals surface area (Å²) >= 11 is 0. The summed E-state index contributed by atoms with van der Waals surface area (Å²) in [5, 5.41) is 3.19. The largest absolute Gasteiger partial charge is 0.388 e. The molecule has 1 aliphatic heterocycles. The van der Waals surface area contributed by atoms with Crippen molar-refractivity contribution in [3.05, 3.63) is 36.6 Å². The van der Waals surface area contributed by atoms with Gasteiger partial charge in [-0.25, -0.2) is 0 Å². The molecule has 0 aromatic heterocycles. The third-order valence-corrected chi connectivity index (χ3v) is 1.98. The summed E-state index contributed by atoms with van der Waals surface area (Å²) in [5.41, 5.74) is 0. The van der Waals surface area contributed by atoms with Crippen molar-refractivity contribution in [1.29, 1.82) is 0 Å². The van der Waals surface area contributed by atoms with Crippen LogP contribution in [0.15, 0.2) is 30.5 Å². The van der Waals surface area contributed by atoms with Crippen molar-refractivity contribution in [2.75, 3.05) is 6.54 Å². The van der Waals surface area contributed by atoms with Crippen molar-refractivity contribution in [3.63, 3.8) is 0 Å². The smallest absolute Gasteiger partial charge is 0.154 e. The molecule has 0 bridgehead atoms. The Bertz CT molecular complexity index is 201. The van der Waals surface area contributed by atoms with Crippen LogP contribution < -0.4 is 5.32 Å². The number of hydrogen-bond donors (Lipinski definition) is 1. The Hall–Kier alpha value is -1.07. The highest BCUT2D eigenvalue weighted by Crippen LogP contribution is 2.21. The van der Waals surface area contributed by atoms with E-state index in [0.29, 0.717) is 11.8 Å². The normalized spacial score (nSPS) is 34.4. The van der Waals surface area contributed by atoms with Gasteiger partial charge >= 0.3 is 0 Å². The molecule has 2 atom stereocenters. The molecule has 0 aromatic rings. The molecular weight excluding hydrogens is 122 g/mol. The Balaban J connectivity index is 2.21. The Morgan fingerprint density at radius 1 is 1.40 bits per heavy atom. The van der Waals surface area contributed by atoms with Crippen molar-refractivity contribution in [2.24, 2.45) is 11.8 Å². The van der Waals surface area contributed by atoms with Gasteiger partial charge in [0, 0.05) is 18.5 Å². The lowest BCUT2D eigenvalue weighted by Crippen LogP contribution is -2.27. The van der Waals surface area contributed by atoms with Gasteiger partial charge in [0.2, 0.25) is 0 Å². The highest BCUT2D eigenvalue weighted by molar-refractivity contribution is 5.17. The zero-order valence-electron chi connectivity index (χ0n) is 5.75. The maximum Gasteiger partial charge on any atom is 0.154 e. The van der Waals surface area contributed by atoms with Crippen molar-refractivity contribution in [3.8, 4) is 0 Å². The molecule has 0 fully saturated rings.